The number of esters is 1. The standard InChI is InChI=1S/C8H8ClN3O4S/c1-2-16-7(13)5-12-8(17(9,14)15)6(3-10)4-11-12/h4H,2,5H2,1H3. The predicted octanol–water partition coefficient (Wildman–Crippen LogP) is 0.245. The Labute approximate surface area is 102 Å². The van der Waals surface area contributed by atoms with E-state index >= 15 is 0 Å². The number of hydrogen-bond donors (Lipinski definition) is 0. The first-order valence-electron chi connectivity index (χ1n) is 4.46. The van der Waals surface area contributed by atoms with E-state index in [1.807, 2.05) is 0 Å². The van der Waals surface area contributed by atoms with Gasteiger partial charge in [0.2, 0.25) is 0 Å². The minimum Gasteiger partial charge on any atom is -0.465 e. The summed E-state index contributed by atoms with van der Waals surface area (Å²) in [5, 5.41) is 11.8. The van der Waals surface area contributed by atoms with E-state index in [0.717, 1.165) is 10.9 Å². The molecule has 0 unspecified atom stereocenters. The molecule has 1 aromatic rings. The third-order valence-electron chi connectivity index (χ3n) is 1.73. The highest BCUT2D eigenvalue weighted by Gasteiger charge is 2.24. The number of nitrogens with zero attached hydrogens (tertiary/aromatic N) is 3. The second-order valence-corrected chi connectivity index (χ2v) is 5.36. The molecule has 17 heavy (non-hydrogen) atoms. The topological polar surface area (TPSA) is 102 Å². The van der Waals surface area contributed by atoms with E-state index in [1.165, 1.54) is 0 Å². The molecule has 0 aliphatic rings. The van der Waals surface area contributed by atoms with Crippen LogP contribution in [0, 0.1) is 11.3 Å². The van der Waals surface area contributed by atoms with Gasteiger partial charge >= 0.3 is 5.97 Å². The molecule has 0 amide bonds. The van der Waals surface area contributed by atoms with E-state index < -0.39 is 26.6 Å². The highest BCUT2D eigenvalue weighted by Crippen LogP contribution is 2.19. The fourth-order valence-corrected chi connectivity index (χ4v) is 2.36. The van der Waals surface area contributed by atoms with Crippen LogP contribution in [-0.4, -0.2) is 30.8 Å². The zero-order valence-corrected chi connectivity index (χ0v) is 10.3. The van der Waals surface area contributed by atoms with E-state index in [2.05, 4.69) is 9.84 Å². The van der Waals surface area contributed by atoms with Crippen molar-refractivity contribution in [2.24, 2.45) is 0 Å². The van der Waals surface area contributed by atoms with Crippen molar-refractivity contribution in [1.82, 2.24) is 9.78 Å². The summed E-state index contributed by atoms with van der Waals surface area (Å²) in [4.78, 5) is 11.2. The molecule has 0 aromatic carbocycles. The van der Waals surface area contributed by atoms with Gasteiger partial charge in [0.05, 0.1) is 12.8 Å². The van der Waals surface area contributed by atoms with Crippen LogP contribution in [0.1, 0.15) is 12.5 Å². The van der Waals surface area contributed by atoms with Gasteiger partial charge in [0.15, 0.2) is 5.03 Å². The summed E-state index contributed by atoms with van der Waals surface area (Å²) in [7, 11) is 1.01. The molecular formula is C8H8ClN3O4S. The van der Waals surface area contributed by atoms with Crippen LogP contribution in [0.4, 0.5) is 0 Å². The molecule has 0 fully saturated rings. The number of halogens is 1. The molecule has 1 heterocycles. The molecule has 0 saturated carbocycles. The molecule has 0 bridgehead atoms. The Balaban J connectivity index is 3.15. The van der Waals surface area contributed by atoms with Crippen molar-refractivity contribution in [3.05, 3.63) is 11.8 Å². The van der Waals surface area contributed by atoms with Gasteiger partial charge in [-0.05, 0) is 6.92 Å². The summed E-state index contributed by atoms with van der Waals surface area (Å²) in [5.41, 5.74) is -0.218. The normalized spacial score (nSPS) is 10.9. The summed E-state index contributed by atoms with van der Waals surface area (Å²) in [5.74, 6) is -0.665. The van der Waals surface area contributed by atoms with E-state index in [0.29, 0.717) is 0 Å². The quantitative estimate of drug-likeness (QED) is 0.577. The van der Waals surface area contributed by atoms with Gasteiger partial charge in [-0.2, -0.15) is 10.4 Å². The number of nitriles is 1. The van der Waals surface area contributed by atoms with Crippen LogP contribution in [0.25, 0.3) is 0 Å². The first-order chi connectivity index (χ1) is 7.90. The molecule has 1 aromatic heterocycles. The second-order valence-electron chi connectivity index (χ2n) is 2.88. The van der Waals surface area contributed by atoms with E-state index in [4.69, 9.17) is 15.9 Å². The van der Waals surface area contributed by atoms with E-state index in [1.54, 1.807) is 13.0 Å². The zero-order valence-electron chi connectivity index (χ0n) is 8.75. The van der Waals surface area contributed by atoms with Crippen LogP contribution in [-0.2, 0) is 25.1 Å². The summed E-state index contributed by atoms with van der Waals surface area (Å²) < 4.78 is 27.9. The zero-order chi connectivity index (χ0) is 13.1. The SMILES string of the molecule is CCOC(=O)Cn1ncc(C#N)c1S(=O)(=O)Cl. The van der Waals surface area contributed by atoms with Crippen LogP contribution in [0.15, 0.2) is 11.2 Å². The Hall–Kier alpha value is -1.59. The molecule has 1 rings (SSSR count). The largest absolute Gasteiger partial charge is 0.465 e. The first-order valence-corrected chi connectivity index (χ1v) is 6.77. The third kappa shape index (κ3) is 3.18. The Kier molecular flexibility index (Phi) is 4.09. The van der Waals surface area contributed by atoms with Crippen molar-refractivity contribution in [3.63, 3.8) is 0 Å². The van der Waals surface area contributed by atoms with E-state index in [-0.39, 0.29) is 12.2 Å². The van der Waals surface area contributed by atoms with Gasteiger partial charge in [-0.25, -0.2) is 13.1 Å². The molecular weight excluding hydrogens is 270 g/mol. The Morgan fingerprint density at radius 2 is 2.35 bits per heavy atom. The summed E-state index contributed by atoms with van der Waals surface area (Å²) in [6.07, 6.45) is 1.02. The molecule has 0 radical (unpaired) electrons. The first kappa shape index (κ1) is 13.5. The number of ether oxygens (including phenoxy) is 1. The molecule has 7 nitrogen and oxygen atoms in total. The van der Waals surface area contributed by atoms with Crippen molar-refractivity contribution >= 4 is 25.7 Å². The van der Waals surface area contributed by atoms with Gasteiger partial charge in [0.25, 0.3) is 9.05 Å². The van der Waals surface area contributed by atoms with Crippen LogP contribution in [0.2, 0.25) is 0 Å². The number of rotatable bonds is 4. The van der Waals surface area contributed by atoms with Crippen molar-refractivity contribution < 1.29 is 17.9 Å². The van der Waals surface area contributed by atoms with Gasteiger partial charge in [0.1, 0.15) is 18.2 Å². The summed E-state index contributed by atoms with van der Waals surface area (Å²) in [6, 6.07) is 1.63. The number of carbonyl (C=O) groups is 1. The number of aromatic nitrogens is 2. The molecule has 0 spiro atoms. The van der Waals surface area contributed by atoms with Crippen molar-refractivity contribution in [3.8, 4) is 6.07 Å². The molecule has 9 heteroatoms. The average Bonchev–Trinajstić information content (AvgIpc) is 2.60. The van der Waals surface area contributed by atoms with Crippen LogP contribution < -0.4 is 0 Å². The van der Waals surface area contributed by atoms with Gasteiger partial charge in [-0.3, -0.25) is 4.79 Å². The number of carbonyl (C=O) groups excluding carboxylic acids is 1. The monoisotopic (exact) mass is 277 g/mol. The van der Waals surface area contributed by atoms with Gasteiger partial charge in [-0.15, -0.1) is 0 Å². The molecule has 0 N–H and O–H groups in total. The number of hydrogen-bond acceptors (Lipinski definition) is 6. The lowest BCUT2D eigenvalue weighted by Gasteiger charge is -2.04. The highest BCUT2D eigenvalue weighted by molar-refractivity contribution is 8.13. The lowest BCUT2D eigenvalue weighted by atomic mass is 10.4. The molecule has 92 valence electrons. The Morgan fingerprint density at radius 3 is 2.82 bits per heavy atom. The summed E-state index contributed by atoms with van der Waals surface area (Å²) in [6.45, 7) is 1.35. The molecule has 0 aliphatic heterocycles. The lowest BCUT2D eigenvalue weighted by molar-refractivity contribution is -0.144. The van der Waals surface area contributed by atoms with E-state index in [9.17, 15) is 13.2 Å². The van der Waals surface area contributed by atoms with Crippen LogP contribution in [0.3, 0.4) is 0 Å². The highest BCUT2D eigenvalue weighted by atomic mass is 35.7. The smallest absolute Gasteiger partial charge is 0.327 e. The molecule has 0 saturated heterocycles. The maximum atomic E-state index is 11.2. The fraction of sp³-hybridized carbons (Fsp3) is 0.375. The fourth-order valence-electron chi connectivity index (χ4n) is 1.15. The Bertz CT molecular complexity index is 572. The predicted molar refractivity (Wildman–Crippen MR) is 56.6 cm³/mol. The van der Waals surface area contributed by atoms with Crippen molar-refractivity contribution in [2.45, 2.75) is 18.5 Å². The average molecular weight is 278 g/mol. The summed E-state index contributed by atoms with van der Waals surface area (Å²) >= 11 is 0. The lowest BCUT2D eigenvalue weighted by Crippen LogP contribution is -2.17. The van der Waals surface area contributed by atoms with Crippen LogP contribution in [0.5, 0.6) is 0 Å². The second kappa shape index (κ2) is 5.16. The van der Waals surface area contributed by atoms with Gasteiger partial charge < -0.3 is 4.74 Å². The van der Waals surface area contributed by atoms with Gasteiger partial charge in [-0.1, -0.05) is 0 Å². The Morgan fingerprint density at radius 1 is 1.71 bits per heavy atom. The molecule has 0 atom stereocenters. The van der Waals surface area contributed by atoms with Crippen molar-refractivity contribution in [2.75, 3.05) is 6.61 Å². The molecule has 0 aliphatic carbocycles. The minimum absolute atomic E-state index is 0.161. The van der Waals surface area contributed by atoms with Gasteiger partial charge in [0, 0.05) is 10.7 Å². The minimum atomic E-state index is -4.15. The van der Waals surface area contributed by atoms with Crippen LogP contribution >= 0.6 is 10.7 Å². The third-order valence-corrected chi connectivity index (χ3v) is 3.06. The maximum absolute atomic E-state index is 11.2. The maximum Gasteiger partial charge on any atom is 0.327 e. The van der Waals surface area contributed by atoms with Crippen molar-refractivity contribution in [1.29, 1.82) is 5.26 Å².